The third-order valence-corrected chi connectivity index (χ3v) is 2.86. The maximum absolute atomic E-state index is 12.6. The number of nitrogens with one attached hydrogen (secondary N) is 1. The van der Waals surface area contributed by atoms with Crippen molar-refractivity contribution in [3.63, 3.8) is 0 Å². The average molecular weight is 297 g/mol. The second-order valence-corrected chi connectivity index (χ2v) is 4.36. The number of pyridine rings is 1. The second kappa shape index (κ2) is 5.90. The fourth-order valence-corrected chi connectivity index (χ4v) is 1.79. The molecule has 0 unspecified atom stereocenters. The fraction of sp³-hybridized carbons (Fsp3) is 0.214. The van der Waals surface area contributed by atoms with Gasteiger partial charge in [-0.25, -0.2) is 4.98 Å². The zero-order valence-electron chi connectivity index (χ0n) is 11.2. The number of alkyl halides is 3. The molecular formula is C14H14F3N3O. The van der Waals surface area contributed by atoms with Crippen molar-refractivity contribution in [2.24, 2.45) is 0 Å². The largest absolute Gasteiger partial charge is 0.495 e. The van der Waals surface area contributed by atoms with Gasteiger partial charge in [-0.1, -0.05) is 6.07 Å². The monoisotopic (exact) mass is 297 g/mol. The molecule has 1 aromatic carbocycles. The van der Waals surface area contributed by atoms with Crippen molar-refractivity contribution in [1.29, 1.82) is 0 Å². The highest BCUT2D eigenvalue weighted by Gasteiger charge is 2.30. The number of benzene rings is 1. The number of hydrogen-bond donors (Lipinski definition) is 2. The van der Waals surface area contributed by atoms with Crippen LogP contribution in [0.1, 0.15) is 11.1 Å². The molecule has 3 N–H and O–H groups in total. The Labute approximate surface area is 119 Å². The molecule has 0 saturated heterocycles. The third-order valence-electron chi connectivity index (χ3n) is 2.86. The molecule has 0 aliphatic heterocycles. The molecule has 0 aliphatic carbocycles. The summed E-state index contributed by atoms with van der Waals surface area (Å²) in [5, 5.41) is 2.83. The van der Waals surface area contributed by atoms with Crippen molar-refractivity contribution in [2.45, 2.75) is 12.7 Å². The zero-order valence-corrected chi connectivity index (χ0v) is 11.2. The van der Waals surface area contributed by atoms with Gasteiger partial charge in [0.25, 0.3) is 0 Å². The van der Waals surface area contributed by atoms with Crippen LogP contribution in [0.4, 0.5) is 24.7 Å². The summed E-state index contributed by atoms with van der Waals surface area (Å²) in [6, 6.07) is 7.06. The Morgan fingerprint density at radius 2 is 2.00 bits per heavy atom. The van der Waals surface area contributed by atoms with Crippen LogP contribution in [0.3, 0.4) is 0 Å². The second-order valence-electron chi connectivity index (χ2n) is 4.36. The Hall–Kier alpha value is -2.44. The van der Waals surface area contributed by atoms with Crippen LogP contribution in [0, 0.1) is 0 Å². The van der Waals surface area contributed by atoms with E-state index >= 15 is 0 Å². The van der Waals surface area contributed by atoms with Crippen molar-refractivity contribution in [2.75, 3.05) is 18.2 Å². The zero-order chi connectivity index (χ0) is 15.5. The molecule has 2 aromatic rings. The standard InChI is InChI=1S/C14H14F3N3O/c1-21-12-3-2-9(6-11(12)18)8-20-13-7-10(4-5-19-13)14(15,16)17/h2-7H,8,18H2,1H3,(H,19,20). The lowest BCUT2D eigenvalue weighted by molar-refractivity contribution is -0.137. The Bertz CT molecular complexity index is 629. The number of nitrogen functional groups attached to an aromatic ring is 1. The molecular weight excluding hydrogens is 283 g/mol. The average Bonchev–Trinajstić information content (AvgIpc) is 2.45. The van der Waals surface area contributed by atoms with Crippen molar-refractivity contribution >= 4 is 11.5 Å². The summed E-state index contributed by atoms with van der Waals surface area (Å²) >= 11 is 0. The van der Waals surface area contributed by atoms with E-state index in [0.717, 1.165) is 23.9 Å². The van der Waals surface area contributed by atoms with E-state index in [4.69, 9.17) is 10.5 Å². The molecule has 1 aromatic heterocycles. The topological polar surface area (TPSA) is 60.2 Å². The Morgan fingerprint density at radius 3 is 2.62 bits per heavy atom. The molecule has 7 heteroatoms. The first-order valence-electron chi connectivity index (χ1n) is 6.09. The van der Waals surface area contributed by atoms with Gasteiger partial charge >= 0.3 is 6.18 Å². The van der Waals surface area contributed by atoms with E-state index in [2.05, 4.69) is 10.3 Å². The molecule has 0 fully saturated rings. The summed E-state index contributed by atoms with van der Waals surface area (Å²) < 4.78 is 42.8. The Balaban J connectivity index is 2.08. The van der Waals surface area contributed by atoms with E-state index in [1.54, 1.807) is 18.2 Å². The van der Waals surface area contributed by atoms with Crippen LogP contribution in [0.5, 0.6) is 5.75 Å². The first-order valence-corrected chi connectivity index (χ1v) is 6.09. The number of rotatable bonds is 4. The maximum Gasteiger partial charge on any atom is 0.416 e. The predicted molar refractivity (Wildman–Crippen MR) is 74.0 cm³/mol. The van der Waals surface area contributed by atoms with Crippen LogP contribution < -0.4 is 15.8 Å². The normalized spacial score (nSPS) is 11.2. The predicted octanol–water partition coefficient (Wildman–Crippen LogP) is 3.30. The SMILES string of the molecule is COc1ccc(CNc2cc(C(F)(F)F)ccn2)cc1N. The summed E-state index contributed by atoms with van der Waals surface area (Å²) in [5.74, 6) is 0.704. The highest BCUT2D eigenvalue weighted by atomic mass is 19.4. The van der Waals surface area contributed by atoms with E-state index in [1.807, 2.05) is 0 Å². The van der Waals surface area contributed by atoms with E-state index < -0.39 is 11.7 Å². The van der Waals surface area contributed by atoms with Crippen LogP contribution in [-0.2, 0) is 12.7 Å². The molecule has 0 bridgehead atoms. The van der Waals surface area contributed by atoms with Crippen LogP contribution in [0.15, 0.2) is 36.5 Å². The molecule has 0 radical (unpaired) electrons. The van der Waals surface area contributed by atoms with Crippen molar-refractivity contribution in [3.05, 3.63) is 47.7 Å². The van der Waals surface area contributed by atoms with Gasteiger partial charge in [0.1, 0.15) is 11.6 Å². The van der Waals surface area contributed by atoms with Crippen LogP contribution in [0.2, 0.25) is 0 Å². The van der Waals surface area contributed by atoms with Crippen molar-refractivity contribution in [1.82, 2.24) is 4.98 Å². The van der Waals surface area contributed by atoms with Gasteiger partial charge in [-0.2, -0.15) is 13.2 Å². The van der Waals surface area contributed by atoms with Crippen LogP contribution >= 0.6 is 0 Å². The fourth-order valence-electron chi connectivity index (χ4n) is 1.79. The number of aromatic nitrogens is 1. The molecule has 0 aliphatic rings. The number of ether oxygens (including phenoxy) is 1. The third kappa shape index (κ3) is 3.77. The van der Waals surface area contributed by atoms with E-state index in [9.17, 15) is 13.2 Å². The lowest BCUT2D eigenvalue weighted by Gasteiger charge is -2.11. The van der Waals surface area contributed by atoms with Crippen LogP contribution in [-0.4, -0.2) is 12.1 Å². The lowest BCUT2D eigenvalue weighted by atomic mass is 10.2. The quantitative estimate of drug-likeness (QED) is 0.850. The molecule has 0 saturated carbocycles. The smallest absolute Gasteiger partial charge is 0.416 e. The Kier molecular flexibility index (Phi) is 4.21. The number of nitrogens with zero attached hydrogens (tertiary/aromatic N) is 1. The summed E-state index contributed by atoms with van der Waals surface area (Å²) in [5.41, 5.74) is 6.30. The molecule has 0 amide bonds. The first kappa shape index (κ1) is 15.0. The van der Waals surface area contributed by atoms with Crippen molar-refractivity contribution < 1.29 is 17.9 Å². The van der Waals surface area contributed by atoms with Gasteiger partial charge in [0.05, 0.1) is 18.4 Å². The minimum absolute atomic E-state index is 0.152. The first-order chi connectivity index (χ1) is 9.90. The van der Waals surface area contributed by atoms with Gasteiger partial charge in [0.2, 0.25) is 0 Å². The molecule has 21 heavy (non-hydrogen) atoms. The molecule has 2 rings (SSSR count). The minimum Gasteiger partial charge on any atom is -0.495 e. The van der Waals surface area contributed by atoms with Gasteiger partial charge in [0, 0.05) is 12.7 Å². The van der Waals surface area contributed by atoms with E-state index in [0.29, 0.717) is 18.0 Å². The molecule has 4 nitrogen and oxygen atoms in total. The molecule has 0 atom stereocenters. The minimum atomic E-state index is -4.39. The summed E-state index contributed by atoms with van der Waals surface area (Å²) in [7, 11) is 1.51. The highest BCUT2D eigenvalue weighted by molar-refractivity contribution is 5.54. The van der Waals surface area contributed by atoms with E-state index in [1.165, 1.54) is 7.11 Å². The lowest BCUT2D eigenvalue weighted by Crippen LogP contribution is -2.08. The van der Waals surface area contributed by atoms with Crippen LogP contribution in [0.25, 0.3) is 0 Å². The highest BCUT2D eigenvalue weighted by Crippen LogP contribution is 2.30. The summed E-state index contributed by atoms with van der Waals surface area (Å²) in [4.78, 5) is 3.86. The number of anilines is 2. The number of nitrogens with two attached hydrogens (primary N) is 1. The summed E-state index contributed by atoms with van der Waals surface area (Å²) in [6.07, 6.45) is -3.27. The van der Waals surface area contributed by atoms with Gasteiger partial charge < -0.3 is 15.8 Å². The van der Waals surface area contributed by atoms with Gasteiger partial charge in [-0.05, 0) is 29.8 Å². The molecule has 1 heterocycles. The molecule has 112 valence electrons. The number of methoxy groups -OCH3 is 1. The molecule has 0 spiro atoms. The van der Waals surface area contributed by atoms with Gasteiger partial charge in [-0.3, -0.25) is 0 Å². The van der Waals surface area contributed by atoms with Gasteiger partial charge in [0.15, 0.2) is 0 Å². The Morgan fingerprint density at radius 1 is 1.24 bits per heavy atom. The van der Waals surface area contributed by atoms with Gasteiger partial charge in [-0.15, -0.1) is 0 Å². The number of halogens is 3. The summed E-state index contributed by atoms with van der Waals surface area (Å²) in [6.45, 7) is 0.308. The maximum atomic E-state index is 12.6. The number of hydrogen-bond acceptors (Lipinski definition) is 4. The van der Waals surface area contributed by atoms with E-state index in [-0.39, 0.29) is 5.82 Å². The van der Waals surface area contributed by atoms with Crippen molar-refractivity contribution in [3.8, 4) is 5.75 Å².